The van der Waals surface area contributed by atoms with Gasteiger partial charge in [0.2, 0.25) is 0 Å². The van der Waals surface area contributed by atoms with Gasteiger partial charge in [0, 0.05) is 11.5 Å². The van der Waals surface area contributed by atoms with Crippen LogP contribution in [0, 0.1) is 51.2 Å². The van der Waals surface area contributed by atoms with E-state index in [1.807, 2.05) is 36.4 Å². The lowest BCUT2D eigenvalue weighted by molar-refractivity contribution is 0.750. The van der Waals surface area contributed by atoms with Gasteiger partial charge >= 0.3 is 0 Å². The Morgan fingerprint density at radius 1 is 0.900 bits per heavy atom. The fraction of sp³-hybridized carbons (Fsp3) is 0.125. The lowest BCUT2D eigenvalue weighted by atomic mass is 9.80. The topological polar surface area (TPSA) is 95.2 Å². The van der Waals surface area contributed by atoms with Gasteiger partial charge in [-0.25, -0.2) is 0 Å². The van der Waals surface area contributed by atoms with Crippen LogP contribution in [-0.2, 0) is 0 Å². The number of rotatable bonds is 0. The van der Waals surface area contributed by atoms with E-state index in [2.05, 4.69) is 0 Å². The third kappa shape index (κ3) is 2.28. The number of hydrogen-bond acceptors (Lipinski definition) is 4. The first-order chi connectivity index (χ1) is 9.73. The van der Waals surface area contributed by atoms with Gasteiger partial charge in [0.05, 0.1) is 0 Å². The predicted molar refractivity (Wildman–Crippen MR) is 71.0 cm³/mol. The maximum Gasteiger partial charge on any atom is 0.136 e. The Morgan fingerprint density at radius 3 is 2.15 bits per heavy atom. The molecule has 0 fully saturated rings. The lowest BCUT2D eigenvalue weighted by Crippen LogP contribution is -2.10. The number of nitrogens with zero attached hydrogens (tertiary/aromatic N) is 4. The summed E-state index contributed by atoms with van der Waals surface area (Å²) >= 11 is 0. The monoisotopic (exact) mass is 256 g/mol. The molecule has 0 aromatic carbocycles. The second-order valence-corrected chi connectivity index (χ2v) is 4.33. The molecule has 0 radical (unpaired) electrons. The van der Waals surface area contributed by atoms with Crippen LogP contribution in [0.15, 0.2) is 58.2 Å². The van der Waals surface area contributed by atoms with E-state index in [1.54, 1.807) is 18.2 Å². The summed E-state index contributed by atoms with van der Waals surface area (Å²) in [6, 6.07) is 7.51. The van der Waals surface area contributed by atoms with Crippen LogP contribution in [0.2, 0.25) is 0 Å². The third-order valence-electron chi connectivity index (χ3n) is 3.23. The Balaban J connectivity index is 2.45. The molecular formula is C16H8N4. The summed E-state index contributed by atoms with van der Waals surface area (Å²) in [5, 5.41) is 35.5. The van der Waals surface area contributed by atoms with Gasteiger partial charge in [-0.1, -0.05) is 24.3 Å². The molecule has 0 aromatic rings. The highest BCUT2D eigenvalue weighted by molar-refractivity contribution is 5.57. The van der Waals surface area contributed by atoms with Gasteiger partial charge in [-0.2, -0.15) is 21.0 Å². The molecule has 0 heterocycles. The fourth-order valence-corrected chi connectivity index (χ4v) is 2.19. The van der Waals surface area contributed by atoms with E-state index in [1.165, 1.54) is 0 Å². The van der Waals surface area contributed by atoms with Crippen molar-refractivity contribution in [2.75, 3.05) is 0 Å². The van der Waals surface area contributed by atoms with Gasteiger partial charge in [-0.15, -0.1) is 0 Å². The van der Waals surface area contributed by atoms with Crippen LogP contribution >= 0.6 is 0 Å². The minimum atomic E-state index is 0.0779. The highest BCUT2D eigenvalue weighted by atomic mass is 14.3. The van der Waals surface area contributed by atoms with Crippen molar-refractivity contribution < 1.29 is 0 Å². The zero-order chi connectivity index (χ0) is 14.5. The highest BCUT2D eigenvalue weighted by Crippen LogP contribution is 2.34. The highest BCUT2D eigenvalue weighted by Gasteiger charge is 2.21. The predicted octanol–water partition coefficient (Wildman–Crippen LogP) is 2.75. The van der Waals surface area contributed by atoms with Crippen LogP contribution in [0.25, 0.3) is 0 Å². The molecule has 0 bridgehead atoms. The second-order valence-electron chi connectivity index (χ2n) is 4.33. The SMILES string of the molecule is N#CC(C#N)=C1C=CC2CC(=C(C#N)C#N)C=CC2=C1. The van der Waals surface area contributed by atoms with Gasteiger partial charge < -0.3 is 0 Å². The van der Waals surface area contributed by atoms with E-state index in [0.29, 0.717) is 12.0 Å². The average molecular weight is 256 g/mol. The van der Waals surface area contributed by atoms with E-state index in [-0.39, 0.29) is 17.1 Å². The smallest absolute Gasteiger partial charge is 0.136 e. The number of nitriles is 4. The molecule has 0 aliphatic heterocycles. The first-order valence-electron chi connectivity index (χ1n) is 5.89. The van der Waals surface area contributed by atoms with E-state index in [4.69, 9.17) is 21.0 Å². The van der Waals surface area contributed by atoms with Gasteiger partial charge in [0.1, 0.15) is 35.4 Å². The molecule has 0 spiro atoms. The van der Waals surface area contributed by atoms with Gasteiger partial charge in [-0.3, -0.25) is 0 Å². The molecule has 2 rings (SSSR count). The van der Waals surface area contributed by atoms with Crippen molar-refractivity contribution in [3.8, 4) is 24.3 Å². The minimum Gasteiger partial charge on any atom is -0.192 e. The van der Waals surface area contributed by atoms with Gasteiger partial charge in [-0.05, 0) is 23.6 Å². The quantitative estimate of drug-likeness (QED) is 0.622. The van der Waals surface area contributed by atoms with Crippen LogP contribution in [-0.4, -0.2) is 0 Å². The summed E-state index contributed by atoms with van der Waals surface area (Å²) in [7, 11) is 0. The van der Waals surface area contributed by atoms with Crippen molar-refractivity contribution in [3.05, 3.63) is 58.2 Å². The van der Waals surface area contributed by atoms with Crippen molar-refractivity contribution in [3.63, 3.8) is 0 Å². The molecule has 1 unspecified atom stereocenters. The van der Waals surface area contributed by atoms with Crippen LogP contribution in [0.5, 0.6) is 0 Å². The summed E-state index contributed by atoms with van der Waals surface area (Å²) in [6.45, 7) is 0. The minimum absolute atomic E-state index is 0.0779. The first-order valence-corrected chi connectivity index (χ1v) is 5.89. The van der Waals surface area contributed by atoms with Crippen LogP contribution < -0.4 is 0 Å². The Labute approximate surface area is 116 Å². The molecule has 4 heteroatoms. The average Bonchev–Trinajstić information content (AvgIpc) is 2.49. The van der Waals surface area contributed by atoms with Crippen LogP contribution in [0.3, 0.4) is 0 Å². The zero-order valence-corrected chi connectivity index (χ0v) is 10.5. The van der Waals surface area contributed by atoms with Crippen LogP contribution in [0.4, 0.5) is 0 Å². The molecule has 0 saturated heterocycles. The standard InChI is InChI=1S/C16H8N4/c17-7-15(8-18)13-3-1-11-5-14(16(9-19)10-20)4-2-12(11)6-13/h1-5,12H,6H2. The van der Waals surface area contributed by atoms with Gasteiger partial charge in [0.15, 0.2) is 0 Å². The molecule has 0 aromatic heterocycles. The number of fused-ring (bicyclic) bond motifs is 1. The van der Waals surface area contributed by atoms with Crippen molar-refractivity contribution in [2.45, 2.75) is 6.42 Å². The molecule has 2 aliphatic rings. The van der Waals surface area contributed by atoms with E-state index >= 15 is 0 Å². The summed E-state index contributed by atoms with van der Waals surface area (Å²) in [5.41, 5.74) is 2.50. The fourth-order valence-electron chi connectivity index (χ4n) is 2.19. The summed E-state index contributed by atoms with van der Waals surface area (Å²) in [5.74, 6) is 0.0779. The van der Waals surface area contributed by atoms with Crippen molar-refractivity contribution >= 4 is 0 Å². The molecule has 20 heavy (non-hydrogen) atoms. The number of allylic oxidation sites excluding steroid dienone is 10. The molecular weight excluding hydrogens is 248 g/mol. The molecule has 92 valence electrons. The Hall–Kier alpha value is -3.34. The van der Waals surface area contributed by atoms with E-state index < -0.39 is 0 Å². The molecule has 2 aliphatic carbocycles. The lowest BCUT2D eigenvalue weighted by Gasteiger charge is -2.23. The Morgan fingerprint density at radius 2 is 1.55 bits per heavy atom. The second kappa shape index (κ2) is 5.53. The molecule has 0 N–H and O–H groups in total. The molecule has 0 amide bonds. The summed E-state index contributed by atoms with van der Waals surface area (Å²) in [6.07, 6.45) is 9.60. The maximum atomic E-state index is 8.88. The summed E-state index contributed by atoms with van der Waals surface area (Å²) in [4.78, 5) is 0. The third-order valence-corrected chi connectivity index (χ3v) is 3.23. The normalized spacial score (nSPS) is 18.8. The Kier molecular flexibility index (Phi) is 3.63. The van der Waals surface area contributed by atoms with Crippen molar-refractivity contribution in [1.29, 1.82) is 21.0 Å². The summed E-state index contributed by atoms with van der Waals surface area (Å²) < 4.78 is 0. The molecule has 0 saturated carbocycles. The zero-order valence-electron chi connectivity index (χ0n) is 10.5. The number of hydrogen-bond donors (Lipinski definition) is 0. The Bertz CT molecular complexity index is 742. The largest absolute Gasteiger partial charge is 0.192 e. The maximum absolute atomic E-state index is 8.88. The van der Waals surface area contributed by atoms with Gasteiger partial charge in [0.25, 0.3) is 0 Å². The molecule has 4 nitrogen and oxygen atoms in total. The van der Waals surface area contributed by atoms with Crippen molar-refractivity contribution in [2.24, 2.45) is 5.92 Å². The van der Waals surface area contributed by atoms with E-state index in [9.17, 15) is 0 Å². The first kappa shape index (κ1) is 13.1. The molecule has 1 atom stereocenters. The van der Waals surface area contributed by atoms with Crippen molar-refractivity contribution in [1.82, 2.24) is 0 Å². The van der Waals surface area contributed by atoms with E-state index in [0.717, 1.165) is 11.1 Å². The van der Waals surface area contributed by atoms with Crippen LogP contribution in [0.1, 0.15) is 6.42 Å².